The van der Waals surface area contributed by atoms with E-state index in [-0.39, 0.29) is 29.8 Å². The molecule has 0 unspecified atom stereocenters. The molecule has 2 aromatic rings. The van der Waals surface area contributed by atoms with Crippen molar-refractivity contribution < 1.29 is 18.3 Å². The summed E-state index contributed by atoms with van der Waals surface area (Å²) in [5.74, 6) is -0.105. The van der Waals surface area contributed by atoms with Gasteiger partial charge < -0.3 is 10.1 Å². The van der Waals surface area contributed by atoms with Crippen molar-refractivity contribution in [2.24, 2.45) is 0 Å². The van der Waals surface area contributed by atoms with Crippen LogP contribution in [0.15, 0.2) is 30.3 Å². The van der Waals surface area contributed by atoms with E-state index in [2.05, 4.69) is 20.3 Å². The Bertz CT molecular complexity index is 641. The van der Waals surface area contributed by atoms with Crippen LogP contribution in [0.3, 0.4) is 0 Å². The fourth-order valence-electron chi connectivity index (χ4n) is 1.88. The summed E-state index contributed by atoms with van der Waals surface area (Å²) in [4.78, 5) is 12.0. The normalized spacial score (nSPS) is 11.0. The smallest absolute Gasteiger partial charge is 0.387 e. The maximum absolute atomic E-state index is 12.3. The van der Waals surface area contributed by atoms with Gasteiger partial charge in [0.2, 0.25) is 0 Å². The number of alkyl halides is 2. The number of benzene rings is 1. The maximum atomic E-state index is 12.3. The van der Waals surface area contributed by atoms with Crippen LogP contribution in [0.1, 0.15) is 41.5 Å². The van der Waals surface area contributed by atoms with Crippen LogP contribution in [0, 0.1) is 0 Å². The molecule has 0 spiro atoms. The highest BCUT2D eigenvalue weighted by atomic mass is 19.3. The third-order valence-electron chi connectivity index (χ3n) is 3.08. The Morgan fingerprint density at radius 2 is 2.09 bits per heavy atom. The molecule has 0 aliphatic heterocycles. The number of carbonyl (C=O) groups excluding carboxylic acids is 1. The molecule has 22 heavy (non-hydrogen) atoms. The second-order valence-corrected chi connectivity index (χ2v) is 5.03. The number of nitrogens with one attached hydrogen (secondary N) is 2. The molecule has 1 aromatic carbocycles. The quantitative estimate of drug-likeness (QED) is 0.862. The standard InChI is InChI=1S/C15H17F2N3O2/c1-9(2)11-7-12(20-19-11)14(21)18-8-10-5-3-4-6-13(10)22-15(16)17/h3-7,9,15H,8H2,1-2H3,(H,18,21)(H,19,20). The molecule has 118 valence electrons. The number of hydrogen-bond acceptors (Lipinski definition) is 3. The summed E-state index contributed by atoms with van der Waals surface area (Å²) in [6.07, 6.45) is 0. The first-order valence-corrected chi connectivity index (χ1v) is 6.83. The van der Waals surface area contributed by atoms with E-state index in [0.717, 1.165) is 5.69 Å². The molecule has 1 aromatic heterocycles. The van der Waals surface area contributed by atoms with Crippen molar-refractivity contribution in [3.63, 3.8) is 0 Å². The molecule has 0 aliphatic carbocycles. The molecule has 1 heterocycles. The molecular weight excluding hydrogens is 292 g/mol. The van der Waals surface area contributed by atoms with Gasteiger partial charge in [-0.15, -0.1) is 0 Å². The largest absolute Gasteiger partial charge is 0.434 e. The predicted octanol–water partition coefficient (Wildman–Crippen LogP) is 3.06. The van der Waals surface area contributed by atoms with Gasteiger partial charge in [0.25, 0.3) is 5.91 Å². The summed E-state index contributed by atoms with van der Waals surface area (Å²) in [6.45, 7) is 1.13. The van der Waals surface area contributed by atoms with Gasteiger partial charge in [0.05, 0.1) is 0 Å². The molecule has 0 fully saturated rings. The molecule has 5 nitrogen and oxygen atoms in total. The zero-order valence-electron chi connectivity index (χ0n) is 12.3. The van der Waals surface area contributed by atoms with Crippen molar-refractivity contribution in [2.45, 2.75) is 32.9 Å². The Kier molecular flexibility index (Phi) is 5.08. The molecule has 0 aliphatic rings. The average Bonchev–Trinajstić information content (AvgIpc) is 2.95. The van der Waals surface area contributed by atoms with Crippen LogP contribution >= 0.6 is 0 Å². The van der Waals surface area contributed by atoms with Crippen LogP contribution in [0.4, 0.5) is 8.78 Å². The highest BCUT2D eigenvalue weighted by molar-refractivity contribution is 5.92. The van der Waals surface area contributed by atoms with E-state index in [4.69, 9.17) is 0 Å². The molecule has 0 bridgehead atoms. The summed E-state index contributed by atoms with van der Waals surface area (Å²) < 4.78 is 29.1. The topological polar surface area (TPSA) is 67.0 Å². The Labute approximate surface area is 126 Å². The Hall–Kier alpha value is -2.44. The van der Waals surface area contributed by atoms with Crippen molar-refractivity contribution in [3.8, 4) is 5.75 Å². The molecule has 2 N–H and O–H groups in total. The van der Waals surface area contributed by atoms with Gasteiger partial charge in [0, 0.05) is 17.8 Å². The lowest BCUT2D eigenvalue weighted by atomic mass is 10.1. The number of ether oxygens (including phenoxy) is 1. The number of nitrogens with zero attached hydrogens (tertiary/aromatic N) is 1. The van der Waals surface area contributed by atoms with Crippen molar-refractivity contribution >= 4 is 5.91 Å². The molecule has 2 rings (SSSR count). The molecule has 0 saturated heterocycles. The van der Waals surface area contributed by atoms with Gasteiger partial charge in [0.15, 0.2) is 0 Å². The van der Waals surface area contributed by atoms with Crippen molar-refractivity contribution in [2.75, 3.05) is 0 Å². The Balaban J connectivity index is 2.01. The van der Waals surface area contributed by atoms with E-state index in [1.54, 1.807) is 24.3 Å². The van der Waals surface area contributed by atoms with Crippen molar-refractivity contribution in [3.05, 3.63) is 47.3 Å². The van der Waals surface area contributed by atoms with E-state index >= 15 is 0 Å². The van der Waals surface area contributed by atoms with E-state index in [1.807, 2.05) is 13.8 Å². The number of para-hydroxylation sites is 1. The van der Waals surface area contributed by atoms with Crippen LogP contribution in [0.2, 0.25) is 0 Å². The second kappa shape index (κ2) is 7.02. The predicted molar refractivity (Wildman–Crippen MR) is 76.9 cm³/mol. The highest BCUT2D eigenvalue weighted by Crippen LogP contribution is 2.20. The molecule has 0 atom stereocenters. The number of rotatable bonds is 6. The minimum atomic E-state index is -2.91. The van der Waals surface area contributed by atoms with Crippen LogP contribution in [-0.2, 0) is 6.54 Å². The van der Waals surface area contributed by atoms with E-state index < -0.39 is 6.61 Å². The minimum absolute atomic E-state index is 0.0442. The molecule has 7 heteroatoms. The van der Waals surface area contributed by atoms with Gasteiger partial charge in [-0.05, 0) is 18.1 Å². The third-order valence-corrected chi connectivity index (χ3v) is 3.08. The Morgan fingerprint density at radius 1 is 1.36 bits per heavy atom. The zero-order valence-corrected chi connectivity index (χ0v) is 12.3. The lowest BCUT2D eigenvalue weighted by molar-refractivity contribution is -0.0504. The Morgan fingerprint density at radius 3 is 2.73 bits per heavy atom. The fourth-order valence-corrected chi connectivity index (χ4v) is 1.88. The first-order valence-electron chi connectivity index (χ1n) is 6.83. The van der Waals surface area contributed by atoms with Crippen molar-refractivity contribution in [1.82, 2.24) is 15.5 Å². The summed E-state index contributed by atoms with van der Waals surface area (Å²) in [7, 11) is 0. The van der Waals surface area contributed by atoms with Gasteiger partial charge >= 0.3 is 6.61 Å². The average molecular weight is 309 g/mol. The molecular formula is C15H17F2N3O2. The van der Waals surface area contributed by atoms with Gasteiger partial charge in [-0.1, -0.05) is 32.0 Å². The van der Waals surface area contributed by atoms with E-state index in [0.29, 0.717) is 5.56 Å². The van der Waals surface area contributed by atoms with E-state index in [1.165, 1.54) is 6.07 Å². The molecule has 0 radical (unpaired) electrons. The summed E-state index contributed by atoms with van der Waals surface area (Å²) >= 11 is 0. The lowest BCUT2D eigenvalue weighted by Crippen LogP contribution is -2.23. The number of H-pyrrole nitrogens is 1. The van der Waals surface area contributed by atoms with Gasteiger partial charge in [-0.2, -0.15) is 13.9 Å². The number of carbonyl (C=O) groups is 1. The second-order valence-electron chi connectivity index (χ2n) is 5.03. The number of hydrogen-bond donors (Lipinski definition) is 2. The number of aromatic nitrogens is 2. The molecule has 0 saturated carbocycles. The number of halogens is 2. The maximum Gasteiger partial charge on any atom is 0.387 e. The van der Waals surface area contributed by atoms with Gasteiger partial charge in [0.1, 0.15) is 11.4 Å². The fraction of sp³-hybridized carbons (Fsp3) is 0.333. The minimum Gasteiger partial charge on any atom is -0.434 e. The van der Waals surface area contributed by atoms with Crippen LogP contribution in [-0.4, -0.2) is 22.7 Å². The van der Waals surface area contributed by atoms with Crippen LogP contribution in [0.5, 0.6) is 5.75 Å². The first-order chi connectivity index (χ1) is 10.5. The van der Waals surface area contributed by atoms with Gasteiger partial charge in [-0.25, -0.2) is 0 Å². The zero-order chi connectivity index (χ0) is 16.1. The third kappa shape index (κ3) is 4.03. The summed E-state index contributed by atoms with van der Waals surface area (Å²) in [5, 5.41) is 9.35. The highest BCUT2D eigenvalue weighted by Gasteiger charge is 2.14. The summed E-state index contributed by atoms with van der Waals surface area (Å²) in [5.41, 5.74) is 1.58. The van der Waals surface area contributed by atoms with Crippen LogP contribution < -0.4 is 10.1 Å². The van der Waals surface area contributed by atoms with Crippen LogP contribution in [0.25, 0.3) is 0 Å². The number of amides is 1. The number of aromatic amines is 1. The summed E-state index contributed by atoms with van der Waals surface area (Å²) in [6, 6.07) is 7.99. The van der Waals surface area contributed by atoms with Crippen molar-refractivity contribution in [1.29, 1.82) is 0 Å². The van der Waals surface area contributed by atoms with Gasteiger partial charge in [-0.3, -0.25) is 9.89 Å². The SMILES string of the molecule is CC(C)c1cc(C(=O)NCc2ccccc2OC(F)F)n[nH]1. The monoisotopic (exact) mass is 309 g/mol. The lowest BCUT2D eigenvalue weighted by Gasteiger charge is -2.10. The van der Waals surface area contributed by atoms with E-state index in [9.17, 15) is 13.6 Å². The molecule has 1 amide bonds. The first kappa shape index (κ1) is 15.9.